The number of aliphatic hydroxyl groups excluding tert-OH is 1. The first-order valence-corrected chi connectivity index (χ1v) is 8.76. The molecule has 3 N–H and O–H groups in total. The van der Waals surface area contributed by atoms with Crippen LogP contribution in [0.4, 0.5) is 0 Å². The van der Waals surface area contributed by atoms with Crippen molar-refractivity contribution in [1.29, 1.82) is 0 Å². The number of carbonyl (C=O) groups excluding carboxylic acids is 1. The lowest BCUT2D eigenvalue weighted by molar-refractivity contribution is -0.118. The zero-order chi connectivity index (χ0) is 15.9. The molecule has 4 rings (SSSR count). The van der Waals surface area contributed by atoms with Crippen LogP contribution in [0.2, 0.25) is 0 Å². The Morgan fingerprint density at radius 1 is 1.35 bits per heavy atom. The average Bonchev–Trinajstić information content (AvgIpc) is 3.20. The Labute approximate surface area is 137 Å². The summed E-state index contributed by atoms with van der Waals surface area (Å²) in [4.78, 5) is 14.9. The van der Waals surface area contributed by atoms with E-state index in [0.717, 1.165) is 31.4 Å². The van der Waals surface area contributed by atoms with Crippen molar-refractivity contribution < 1.29 is 9.90 Å². The first-order chi connectivity index (χ1) is 11.2. The van der Waals surface area contributed by atoms with Crippen LogP contribution in [0.3, 0.4) is 0 Å². The van der Waals surface area contributed by atoms with Gasteiger partial charge in [0.2, 0.25) is 0 Å². The van der Waals surface area contributed by atoms with Crippen LogP contribution < -0.4 is 10.6 Å². The molecule has 5 nitrogen and oxygen atoms in total. The van der Waals surface area contributed by atoms with Crippen LogP contribution in [0.1, 0.15) is 38.5 Å². The first-order valence-electron chi connectivity index (χ1n) is 8.76. The van der Waals surface area contributed by atoms with Crippen LogP contribution in [0, 0.1) is 11.3 Å². The zero-order valence-corrected chi connectivity index (χ0v) is 13.4. The third-order valence-electron chi connectivity index (χ3n) is 5.66. The maximum atomic E-state index is 12.7. The molecule has 1 unspecified atom stereocenters. The normalized spacial score (nSPS) is 28.0. The van der Waals surface area contributed by atoms with Crippen LogP contribution in [-0.4, -0.2) is 35.2 Å². The predicted molar refractivity (Wildman–Crippen MR) is 87.8 cm³/mol. The molecule has 2 heterocycles. The Hall–Kier alpha value is -1.75. The molecule has 0 saturated heterocycles. The Morgan fingerprint density at radius 2 is 2.13 bits per heavy atom. The highest BCUT2D eigenvalue weighted by Crippen LogP contribution is 2.40. The summed E-state index contributed by atoms with van der Waals surface area (Å²) >= 11 is 0. The predicted octanol–water partition coefficient (Wildman–Crippen LogP) is 1.59. The van der Waals surface area contributed by atoms with Gasteiger partial charge in [0.25, 0.3) is 5.91 Å². The molecular formula is C18H25N3O2. The minimum Gasteiger partial charge on any atom is -0.396 e. The lowest BCUT2D eigenvalue weighted by Crippen LogP contribution is -2.42. The second kappa shape index (κ2) is 5.71. The minimum atomic E-state index is -0.114. The Morgan fingerprint density at radius 3 is 2.83 bits per heavy atom. The number of nitrogens with zero attached hydrogens (tertiary/aromatic N) is 1. The molecule has 4 aliphatic rings. The van der Waals surface area contributed by atoms with E-state index in [0.29, 0.717) is 18.2 Å². The monoisotopic (exact) mass is 315 g/mol. The maximum absolute atomic E-state index is 12.7. The molecule has 2 aliphatic carbocycles. The van der Waals surface area contributed by atoms with E-state index in [4.69, 9.17) is 0 Å². The number of aliphatic hydroxyl groups is 1. The summed E-state index contributed by atoms with van der Waals surface area (Å²) in [7, 11) is 0. The summed E-state index contributed by atoms with van der Waals surface area (Å²) in [5.74, 6) is 0.581. The summed E-state index contributed by atoms with van der Waals surface area (Å²) in [6.45, 7) is 0.723. The third-order valence-corrected chi connectivity index (χ3v) is 5.66. The maximum Gasteiger partial charge on any atom is 0.269 e. The van der Waals surface area contributed by atoms with Crippen molar-refractivity contribution in [3.05, 3.63) is 35.8 Å². The van der Waals surface area contributed by atoms with Crippen molar-refractivity contribution in [3.63, 3.8) is 0 Å². The Kier molecular flexibility index (Phi) is 3.68. The number of rotatable bonds is 5. The van der Waals surface area contributed by atoms with Gasteiger partial charge in [0.15, 0.2) is 0 Å². The molecular weight excluding hydrogens is 290 g/mol. The van der Waals surface area contributed by atoms with E-state index >= 15 is 0 Å². The summed E-state index contributed by atoms with van der Waals surface area (Å²) in [6, 6.07) is 0. The zero-order valence-electron chi connectivity index (χ0n) is 13.4. The highest BCUT2D eigenvalue weighted by molar-refractivity contribution is 5.94. The van der Waals surface area contributed by atoms with E-state index in [-0.39, 0.29) is 24.1 Å². The van der Waals surface area contributed by atoms with Crippen LogP contribution in [0.25, 0.3) is 0 Å². The fraction of sp³-hybridized carbons (Fsp3) is 0.611. The van der Waals surface area contributed by atoms with Crippen LogP contribution in [0.15, 0.2) is 35.8 Å². The quantitative estimate of drug-likeness (QED) is 0.721. The van der Waals surface area contributed by atoms with Crippen LogP contribution in [0.5, 0.6) is 0 Å². The van der Waals surface area contributed by atoms with Crippen molar-refractivity contribution in [2.45, 2.75) is 44.7 Å². The van der Waals surface area contributed by atoms with Crippen molar-refractivity contribution in [2.75, 3.05) is 13.2 Å². The Balaban J connectivity index is 1.47. The van der Waals surface area contributed by atoms with Gasteiger partial charge < -0.3 is 20.6 Å². The molecule has 1 amide bonds. The minimum absolute atomic E-state index is 0.0483. The van der Waals surface area contributed by atoms with Gasteiger partial charge in [-0.05, 0) is 43.8 Å². The topological polar surface area (TPSA) is 64.6 Å². The fourth-order valence-corrected chi connectivity index (χ4v) is 4.01. The van der Waals surface area contributed by atoms with E-state index in [1.165, 1.54) is 12.8 Å². The number of carbonyl (C=O) groups is 1. The largest absolute Gasteiger partial charge is 0.396 e. The molecule has 0 aromatic heterocycles. The standard InChI is InChI=1S/C18H25N3O2/c22-12-18(8-2-3-9-18)11-19-17(23)15-14-5-1-4-10-21(14)16(20-15)13-6-7-13/h1,4-5,10,13,16,20,22H,2-3,6-9,11-12H2,(H,19,23). The number of hydrogen-bond acceptors (Lipinski definition) is 4. The average molecular weight is 315 g/mol. The summed E-state index contributed by atoms with van der Waals surface area (Å²) in [5, 5.41) is 16.2. The van der Waals surface area contributed by atoms with E-state index in [9.17, 15) is 9.90 Å². The summed E-state index contributed by atoms with van der Waals surface area (Å²) in [6.07, 6.45) is 15.0. The van der Waals surface area contributed by atoms with Gasteiger partial charge in [0.05, 0.1) is 12.3 Å². The number of hydrogen-bond donors (Lipinski definition) is 3. The van der Waals surface area contributed by atoms with E-state index in [2.05, 4.69) is 21.7 Å². The molecule has 2 aliphatic heterocycles. The molecule has 0 radical (unpaired) electrons. The van der Waals surface area contributed by atoms with Crippen molar-refractivity contribution in [1.82, 2.24) is 15.5 Å². The van der Waals surface area contributed by atoms with Gasteiger partial charge in [-0.15, -0.1) is 0 Å². The second-order valence-electron chi connectivity index (χ2n) is 7.34. The van der Waals surface area contributed by atoms with Crippen LogP contribution in [-0.2, 0) is 4.79 Å². The molecule has 0 aromatic rings. The van der Waals surface area contributed by atoms with E-state index < -0.39 is 0 Å². The van der Waals surface area contributed by atoms with E-state index in [1.807, 2.05) is 18.2 Å². The lowest BCUT2D eigenvalue weighted by atomic mass is 9.87. The van der Waals surface area contributed by atoms with Gasteiger partial charge in [-0.25, -0.2) is 0 Å². The molecule has 1 atom stereocenters. The molecule has 0 spiro atoms. The van der Waals surface area contributed by atoms with Gasteiger partial charge in [0, 0.05) is 18.2 Å². The summed E-state index contributed by atoms with van der Waals surface area (Å²) in [5.41, 5.74) is 1.53. The van der Waals surface area contributed by atoms with E-state index in [1.54, 1.807) is 0 Å². The third kappa shape index (κ3) is 2.67. The molecule has 0 bridgehead atoms. The van der Waals surface area contributed by atoms with Crippen molar-refractivity contribution in [2.24, 2.45) is 11.3 Å². The number of amides is 1. The van der Waals surface area contributed by atoms with Gasteiger partial charge in [-0.2, -0.15) is 0 Å². The SMILES string of the molecule is O=C(NCC1(CO)CCCC1)C1=C2C=CC=CN2C(C2CC2)N1. The molecule has 23 heavy (non-hydrogen) atoms. The Bertz CT molecular complexity index is 583. The molecule has 5 heteroatoms. The number of fused-ring (bicyclic) bond motifs is 1. The highest BCUT2D eigenvalue weighted by Gasteiger charge is 2.42. The number of allylic oxidation sites excluding steroid dienone is 3. The van der Waals surface area contributed by atoms with Crippen LogP contribution >= 0.6 is 0 Å². The van der Waals surface area contributed by atoms with Gasteiger partial charge in [-0.3, -0.25) is 4.79 Å². The molecule has 124 valence electrons. The van der Waals surface area contributed by atoms with Crippen molar-refractivity contribution in [3.8, 4) is 0 Å². The second-order valence-corrected chi connectivity index (χ2v) is 7.34. The van der Waals surface area contributed by atoms with Gasteiger partial charge in [-0.1, -0.05) is 18.9 Å². The number of nitrogens with one attached hydrogen (secondary N) is 2. The lowest BCUT2D eigenvalue weighted by Gasteiger charge is -2.26. The van der Waals surface area contributed by atoms with Gasteiger partial charge in [0.1, 0.15) is 11.9 Å². The molecule has 2 saturated carbocycles. The molecule has 2 fully saturated rings. The van der Waals surface area contributed by atoms with Crippen molar-refractivity contribution >= 4 is 5.91 Å². The smallest absolute Gasteiger partial charge is 0.269 e. The van der Waals surface area contributed by atoms with Gasteiger partial charge >= 0.3 is 0 Å². The summed E-state index contributed by atoms with van der Waals surface area (Å²) < 4.78 is 0. The molecule has 0 aromatic carbocycles. The first kappa shape index (κ1) is 14.8. The fourth-order valence-electron chi connectivity index (χ4n) is 4.01. The highest BCUT2D eigenvalue weighted by atomic mass is 16.3.